The van der Waals surface area contributed by atoms with E-state index in [1.165, 1.54) is 11.3 Å². The van der Waals surface area contributed by atoms with Crippen LogP contribution >= 0.6 is 11.3 Å². The van der Waals surface area contributed by atoms with Crippen molar-refractivity contribution in [1.82, 2.24) is 4.98 Å². The first kappa shape index (κ1) is 19.9. The minimum atomic E-state index is -0.335. The minimum Gasteiger partial charge on any atom is -0.493 e. The van der Waals surface area contributed by atoms with Crippen LogP contribution in [0.5, 0.6) is 11.5 Å². The summed E-state index contributed by atoms with van der Waals surface area (Å²) in [4.78, 5) is 31.2. The average molecular weight is 423 g/mol. The molecule has 1 aliphatic heterocycles. The second-order valence-corrected chi connectivity index (χ2v) is 7.56. The van der Waals surface area contributed by atoms with Gasteiger partial charge in [-0.2, -0.15) is 0 Å². The number of carbonyl (C=O) groups excluding carboxylic acids is 2. The third kappa shape index (κ3) is 3.73. The smallest absolute Gasteiger partial charge is 0.275 e. The summed E-state index contributed by atoms with van der Waals surface area (Å²) < 4.78 is 10.8. The number of hydrogen-bond donors (Lipinski definition) is 1. The van der Waals surface area contributed by atoms with Crippen LogP contribution in [0.25, 0.3) is 10.6 Å². The predicted molar refractivity (Wildman–Crippen MR) is 117 cm³/mol. The van der Waals surface area contributed by atoms with Crippen molar-refractivity contribution >= 4 is 34.5 Å². The lowest BCUT2D eigenvalue weighted by Crippen LogP contribution is -2.25. The molecule has 2 heterocycles. The van der Waals surface area contributed by atoms with Gasteiger partial charge in [0, 0.05) is 18.3 Å². The Balaban J connectivity index is 1.59. The highest BCUT2D eigenvalue weighted by Crippen LogP contribution is 2.39. The molecule has 1 aliphatic rings. The standard InChI is InChI=1S/C22H21N3O4S/c1-28-18-10-5-7-14(20(18)29-2)22-24-16(13-30-22)21(27)23-15-8-3-4-9-17(15)25-12-6-11-19(25)26/h3-5,7-10,13H,6,11-12H2,1-2H3,(H,23,27). The van der Waals surface area contributed by atoms with E-state index in [0.717, 1.165) is 12.0 Å². The Morgan fingerprint density at radius 3 is 2.70 bits per heavy atom. The summed E-state index contributed by atoms with van der Waals surface area (Å²) in [7, 11) is 3.14. The van der Waals surface area contributed by atoms with Gasteiger partial charge in [-0.1, -0.05) is 18.2 Å². The van der Waals surface area contributed by atoms with Crippen molar-refractivity contribution < 1.29 is 19.1 Å². The van der Waals surface area contributed by atoms with Crippen molar-refractivity contribution in [2.45, 2.75) is 12.8 Å². The van der Waals surface area contributed by atoms with Gasteiger partial charge < -0.3 is 19.7 Å². The van der Waals surface area contributed by atoms with Crippen LogP contribution in [-0.4, -0.2) is 37.6 Å². The number of hydrogen-bond acceptors (Lipinski definition) is 6. The van der Waals surface area contributed by atoms with E-state index >= 15 is 0 Å². The van der Waals surface area contributed by atoms with E-state index in [1.807, 2.05) is 30.3 Å². The van der Waals surface area contributed by atoms with Gasteiger partial charge in [-0.25, -0.2) is 4.98 Å². The molecular formula is C22H21N3O4S. The molecule has 0 saturated carbocycles. The third-order valence-electron chi connectivity index (χ3n) is 4.89. The van der Waals surface area contributed by atoms with Gasteiger partial charge >= 0.3 is 0 Å². The van der Waals surface area contributed by atoms with Gasteiger partial charge in [0.25, 0.3) is 5.91 Å². The van der Waals surface area contributed by atoms with E-state index in [1.54, 1.807) is 36.6 Å². The SMILES string of the molecule is COc1cccc(-c2nc(C(=O)Nc3ccccc3N3CCCC3=O)cs2)c1OC. The van der Waals surface area contributed by atoms with Crippen molar-refractivity contribution in [1.29, 1.82) is 0 Å². The lowest BCUT2D eigenvalue weighted by atomic mass is 10.2. The van der Waals surface area contributed by atoms with Gasteiger partial charge in [-0.05, 0) is 30.7 Å². The molecule has 30 heavy (non-hydrogen) atoms. The van der Waals surface area contributed by atoms with Crippen molar-refractivity contribution in [3.05, 3.63) is 53.5 Å². The second kappa shape index (κ2) is 8.54. The number of carbonyl (C=O) groups is 2. The molecule has 0 aliphatic carbocycles. The van der Waals surface area contributed by atoms with Crippen molar-refractivity contribution in [3.8, 4) is 22.1 Å². The molecule has 1 aromatic heterocycles. The highest BCUT2D eigenvalue weighted by atomic mass is 32.1. The first-order chi connectivity index (χ1) is 14.6. The highest BCUT2D eigenvalue weighted by molar-refractivity contribution is 7.13. The predicted octanol–water partition coefficient (Wildman–Crippen LogP) is 4.21. The molecule has 3 aromatic rings. The molecule has 0 bridgehead atoms. The topological polar surface area (TPSA) is 80.8 Å². The van der Waals surface area contributed by atoms with Crippen molar-refractivity contribution in [2.24, 2.45) is 0 Å². The minimum absolute atomic E-state index is 0.0674. The molecule has 4 rings (SSSR count). The van der Waals surface area contributed by atoms with Crippen LogP contribution in [0.3, 0.4) is 0 Å². The molecule has 1 fully saturated rings. The van der Waals surface area contributed by atoms with Crippen LogP contribution in [-0.2, 0) is 4.79 Å². The summed E-state index contributed by atoms with van der Waals surface area (Å²) in [5.41, 5.74) is 2.34. The van der Waals surface area contributed by atoms with E-state index in [9.17, 15) is 9.59 Å². The van der Waals surface area contributed by atoms with Crippen LogP contribution in [0.4, 0.5) is 11.4 Å². The molecule has 0 radical (unpaired) electrons. The summed E-state index contributed by atoms with van der Waals surface area (Å²) >= 11 is 1.35. The maximum absolute atomic E-state index is 12.9. The largest absolute Gasteiger partial charge is 0.493 e. The normalized spacial score (nSPS) is 13.4. The summed E-state index contributed by atoms with van der Waals surface area (Å²) in [6.07, 6.45) is 1.35. The Kier molecular flexibility index (Phi) is 5.67. The highest BCUT2D eigenvalue weighted by Gasteiger charge is 2.25. The lowest BCUT2D eigenvalue weighted by Gasteiger charge is -2.19. The van der Waals surface area contributed by atoms with E-state index in [-0.39, 0.29) is 11.8 Å². The molecule has 1 saturated heterocycles. The fourth-order valence-corrected chi connectivity index (χ4v) is 4.28. The second-order valence-electron chi connectivity index (χ2n) is 6.70. The molecule has 0 spiro atoms. The first-order valence-electron chi connectivity index (χ1n) is 9.50. The molecular weight excluding hydrogens is 402 g/mol. The fraction of sp³-hybridized carbons (Fsp3) is 0.227. The number of nitrogens with one attached hydrogen (secondary N) is 1. The molecule has 2 amide bonds. The maximum atomic E-state index is 12.9. The van der Waals surface area contributed by atoms with Crippen molar-refractivity contribution in [3.63, 3.8) is 0 Å². The summed E-state index contributed by atoms with van der Waals surface area (Å²) in [6.45, 7) is 0.655. The summed E-state index contributed by atoms with van der Waals surface area (Å²) in [5.74, 6) is 0.899. The Bertz CT molecular complexity index is 1100. The zero-order valence-corrected chi connectivity index (χ0v) is 17.5. The monoisotopic (exact) mass is 423 g/mol. The molecule has 154 valence electrons. The van der Waals surface area contributed by atoms with Crippen LogP contribution in [0.1, 0.15) is 23.3 Å². The van der Waals surface area contributed by atoms with Gasteiger partial charge in [0.05, 0.1) is 31.2 Å². The van der Waals surface area contributed by atoms with Crippen LogP contribution in [0, 0.1) is 0 Å². The van der Waals surface area contributed by atoms with Gasteiger partial charge in [-0.3, -0.25) is 9.59 Å². The van der Waals surface area contributed by atoms with Gasteiger partial charge in [0.2, 0.25) is 5.91 Å². The molecule has 2 aromatic carbocycles. The van der Waals surface area contributed by atoms with Crippen molar-refractivity contribution in [2.75, 3.05) is 31.0 Å². The third-order valence-corrected chi connectivity index (χ3v) is 5.76. The zero-order valence-electron chi connectivity index (χ0n) is 16.7. The maximum Gasteiger partial charge on any atom is 0.275 e. The van der Waals surface area contributed by atoms with Crippen LogP contribution in [0.2, 0.25) is 0 Å². The number of ether oxygens (including phenoxy) is 2. The van der Waals surface area contributed by atoms with Crippen LogP contribution < -0.4 is 19.7 Å². The van der Waals surface area contributed by atoms with Gasteiger partial charge in [-0.15, -0.1) is 11.3 Å². The van der Waals surface area contributed by atoms with E-state index in [4.69, 9.17) is 9.47 Å². The quantitative estimate of drug-likeness (QED) is 0.643. The van der Waals surface area contributed by atoms with E-state index < -0.39 is 0 Å². The number of amides is 2. The fourth-order valence-electron chi connectivity index (χ4n) is 3.46. The number of rotatable bonds is 6. The Hall–Kier alpha value is -3.39. The Morgan fingerprint density at radius 1 is 1.13 bits per heavy atom. The molecule has 0 atom stereocenters. The number of benzene rings is 2. The first-order valence-corrected chi connectivity index (χ1v) is 10.4. The lowest BCUT2D eigenvalue weighted by molar-refractivity contribution is -0.117. The number of anilines is 2. The van der Waals surface area contributed by atoms with E-state index in [0.29, 0.717) is 46.5 Å². The molecule has 8 heteroatoms. The number of para-hydroxylation sites is 3. The van der Waals surface area contributed by atoms with E-state index in [2.05, 4.69) is 10.3 Å². The van der Waals surface area contributed by atoms with Gasteiger partial charge in [0.15, 0.2) is 11.5 Å². The molecule has 7 nitrogen and oxygen atoms in total. The number of nitrogens with zero attached hydrogens (tertiary/aromatic N) is 2. The Morgan fingerprint density at radius 2 is 1.97 bits per heavy atom. The number of thiazole rings is 1. The molecule has 0 unspecified atom stereocenters. The summed E-state index contributed by atoms with van der Waals surface area (Å²) in [6, 6.07) is 12.8. The average Bonchev–Trinajstić information content (AvgIpc) is 3.43. The summed E-state index contributed by atoms with van der Waals surface area (Å²) in [5, 5.41) is 5.25. The molecule has 1 N–H and O–H groups in total. The number of methoxy groups -OCH3 is 2. The van der Waals surface area contributed by atoms with Gasteiger partial charge in [0.1, 0.15) is 10.7 Å². The number of aromatic nitrogens is 1. The van der Waals surface area contributed by atoms with Crippen LogP contribution in [0.15, 0.2) is 47.8 Å². The zero-order chi connectivity index (χ0) is 21.1. The Labute approximate surface area is 178 Å².